The Bertz CT molecular complexity index is 1080. The fourth-order valence-electron chi connectivity index (χ4n) is 9.56. The Labute approximate surface area is 424 Å². The van der Waals surface area contributed by atoms with Gasteiger partial charge in [-0.3, -0.25) is 4.79 Å². The highest BCUT2D eigenvalue weighted by atomic mass is 16.3. The van der Waals surface area contributed by atoms with Crippen molar-refractivity contribution in [1.29, 1.82) is 0 Å². The molecule has 6 nitrogen and oxygen atoms in total. The van der Waals surface area contributed by atoms with E-state index in [0.717, 1.165) is 51.4 Å². The molecule has 0 aliphatic rings. The van der Waals surface area contributed by atoms with E-state index in [1.807, 2.05) is 0 Å². The van der Waals surface area contributed by atoms with Gasteiger partial charge in [-0.25, -0.2) is 0 Å². The number of amides is 1. The predicted molar refractivity (Wildman–Crippen MR) is 297 cm³/mol. The summed E-state index contributed by atoms with van der Waals surface area (Å²) in [7, 11) is 0. The second-order valence-corrected chi connectivity index (χ2v) is 21.0. The molecule has 0 aromatic rings. The molecule has 0 rings (SSSR count). The summed E-state index contributed by atoms with van der Waals surface area (Å²) in [5, 5.41) is 44.0. The number of hydrogen-bond acceptors (Lipinski definition) is 5. The van der Waals surface area contributed by atoms with Crippen molar-refractivity contribution in [3.8, 4) is 0 Å². The van der Waals surface area contributed by atoms with Gasteiger partial charge in [-0.2, -0.15) is 0 Å². The van der Waals surface area contributed by atoms with Gasteiger partial charge in [0.25, 0.3) is 0 Å². The molecule has 402 valence electrons. The molecule has 4 atom stereocenters. The molecule has 5 N–H and O–H groups in total. The quantitative estimate of drug-likeness (QED) is 0.0308. The fourth-order valence-corrected chi connectivity index (χ4v) is 9.56. The monoisotopic (exact) mass is 958 g/mol. The van der Waals surface area contributed by atoms with Gasteiger partial charge in [0.1, 0.15) is 12.2 Å². The van der Waals surface area contributed by atoms with Crippen molar-refractivity contribution in [2.45, 2.75) is 346 Å². The number of aliphatic hydroxyl groups is 4. The largest absolute Gasteiger partial charge is 0.394 e. The number of hydrogen-bond donors (Lipinski definition) is 5. The molecule has 1 amide bonds. The number of unbranched alkanes of at least 4 members (excludes halogenated alkanes) is 41. The zero-order valence-corrected chi connectivity index (χ0v) is 45.6. The van der Waals surface area contributed by atoms with Crippen LogP contribution in [-0.4, -0.2) is 57.3 Å². The number of allylic oxidation sites excluding steroid dienone is 6. The summed E-state index contributed by atoms with van der Waals surface area (Å²) >= 11 is 0. The van der Waals surface area contributed by atoms with Crippen LogP contribution in [0.2, 0.25) is 0 Å². The summed E-state index contributed by atoms with van der Waals surface area (Å²) < 4.78 is 0. The molecule has 6 heteroatoms. The van der Waals surface area contributed by atoms with Crippen molar-refractivity contribution in [2.75, 3.05) is 6.61 Å². The molecular weight excluding hydrogens is 839 g/mol. The maximum Gasteiger partial charge on any atom is 0.249 e. The van der Waals surface area contributed by atoms with E-state index in [-0.39, 0.29) is 0 Å². The summed E-state index contributed by atoms with van der Waals surface area (Å²) in [4.78, 5) is 12.6. The molecule has 0 radical (unpaired) electrons. The van der Waals surface area contributed by atoms with Gasteiger partial charge in [-0.15, -0.1) is 0 Å². The molecule has 0 saturated heterocycles. The van der Waals surface area contributed by atoms with Gasteiger partial charge in [-0.05, 0) is 64.2 Å². The molecule has 0 heterocycles. The van der Waals surface area contributed by atoms with Crippen LogP contribution in [0.15, 0.2) is 36.5 Å². The van der Waals surface area contributed by atoms with Crippen molar-refractivity contribution in [3.63, 3.8) is 0 Å². The number of nitrogens with one attached hydrogen (secondary N) is 1. The van der Waals surface area contributed by atoms with Crippen LogP contribution < -0.4 is 5.32 Å². The van der Waals surface area contributed by atoms with Crippen LogP contribution in [0.3, 0.4) is 0 Å². The van der Waals surface area contributed by atoms with Crippen LogP contribution in [0, 0.1) is 0 Å². The average molecular weight is 959 g/mol. The van der Waals surface area contributed by atoms with Crippen LogP contribution in [0.25, 0.3) is 0 Å². The van der Waals surface area contributed by atoms with Crippen molar-refractivity contribution in [2.24, 2.45) is 0 Å². The SMILES string of the molecule is CCCCCCCCC/C=C/CC/C=C/CC/C=C/CCCC(O)C(O)C(CO)NC(=O)C(O)CCCCCCCCCCCCCCCCCCCCCCCCCCCCCCCCCC. The van der Waals surface area contributed by atoms with E-state index in [2.05, 4.69) is 55.6 Å². The first kappa shape index (κ1) is 66.5. The minimum atomic E-state index is -1.29. The highest BCUT2D eigenvalue weighted by Gasteiger charge is 2.28. The van der Waals surface area contributed by atoms with Crippen LogP contribution in [0.5, 0.6) is 0 Å². The molecule has 0 aliphatic heterocycles. The third-order valence-corrected chi connectivity index (χ3v) is 14.3. The van der Waals surface area contributed by atoms with Crippen molar-refractivity contribution in [3.05, 3.63) is 36.5 Å². The van der Waals surface area contributed by atoms with Crippen LogP contribution in [0.1, 0.15) is 322 Å². The lowest BCUT2D eigenvalue weighted by Gasteiger charge is -2.27. The highest BCUT2D eigenvalue weighted by molar-refractivity contribution is 5.80. The molecule has 68 heavy (non-hydrogen) atoms. The van der Waals surface area contributed by atoms with Crippen LogP contribution in [-0.2, 0) is 4.79 Å². The topological polar surface area (TPSA) is 110 Å². The first-order chi connectivity index (χ1) is 33.5. The summed E-state index contributed by atoms with van der Waals surface area (Å²) in [5.74, 6) is -0.594. The van der Waals surface area contributed by atoms with Gasteiger partial charge in [0.15, 0.2) is 0 Å². The van der Waals surface area contributed by atoms with Crippen molar-refractivity contribution >= 4 is 5.91 Å². The minimum Gasteiger partial charge on any atom is -0.394 e. The Balaban J connectivity index is 3.60. The number of carbonyl (C=O) groups excluding carboxylic acids is 1. The summed E-state index contributed by atoms with van der Waals surface area (Å²) in [6.07, 6.45) is 71.0. The number of rotatable bonds is 56. The summed E-state index contributed by atoms with van der Waals surface area (Å²) in [6.45, 7) is 4.07. The van der Waals surface area contributed by atoms with Gasteiger partial charge in [0.05, 0.1) is 18.8 Å². The van der Waals surface area contributed by atoms with Gasteiger partial charge < -0.3 is 25.7 Å². The number of aliphatic hydroxyl groups excluding tert-OH is 4. The normalized spacial score (nSPS) is 13.9. The average Bonchev–Trinajstić information content (AvgIpc) is 3.34. The van der Waals surface area contributed by atoms with Gasteiger partial charge in [0, 0.05) is 0 Å². The maximum absolute atomic E-state index is 12.6. The zero-order valence-electron chi connectivity index (χ0n) is 45.6. The van der Waals surface area contributed by atoms with Crippen LogP contribution >= 0.6 is 0 Å². The Hall–Kier alpha value is -1.47. The lowest BCUT2D eigenvalue weighted by molar-refractivity contribution is -0.132. The Kier molecular flexibility index (Phi) is 55.2. The molecule has 0 aromatic heterocycles. The Morgan fingerprint density at radius 1 is 0.353 bits per heavy atom. The lowest BCUT2D eigenvalue weighted by Crippen LogP contribution is -2.53. The molecule has 0 aromatic carbocycles. The number of carbonyl (C=O) groups is 1. The fraction of sp³-hybridized carbons (Fsp3) is 0.887. The molecule has 0 bridgehead atoms. The molecular formula is C62H119NO5. The Morgan fingerprint density at radius 2 is 0.618 bits per heavy atom. The van der Waals surface area contributed by atoms with E-state index in [9.17, 15) is 25.2 Å². The first-order valence-corrected chi connectivity index (χ1v) is 30.4. The summed E-state index contributed by atoms with van der Waals surface area (Å²) in [6, 6.07) is -1.01. The molecule has 4 unspecified atom stereocenters. The standard InChI is InChI=1S/C62H119NO5/c1-3-5-7-9-11-13-15-17-19-21-23-25-26-27-28-29-30-31-32-33-34-35-36-38-40-42-44-46-48-50-52-54-56-60(66)62(68)63-58(57-64)61(67)59(65)55-53-51-49-47-45-43-41-39-37-24-22-20-18-16-14-12-10-8-6-4-2/h20,22,39,41,47,49,58-61,64-67H,3-19,21,23-38,40,42-46,48,50-57H2,1-2H3,(H,63,68)/b22-20+,41-39+,49-47+. The molecule has 0 saturated carbocycles. The second kappa shape index (κ2) is 56.4. The minimum absolute atomic E-state index is 0.362. The van der Waals surface area contributed by atoms with E-state index in [1.165, 1.54) is 238 Å². The second-order valence-electron chi connectivity index (χ2n) is 21.0. The zero-order chi connectivity index (χ0) is 49.5. The predicted octanol–water partition coefficient (Wildman–Crippen LogP) is 18.0. The van der Waals surface area contributed by atoms with Gasteiger partial charge in [-0.1, -0.05) is 294 Å². The van der Waals surface area contributed by atoms with E-state index in [1.54, 1.807) is 0 Å². The highest BCUT2D eigenvalue weighted by Crippen LogP contribution is 2.18. The first-order valence-electron chi connectivity index (χ1n) is 30.4. The van der Waals surface area contributed by atoms with Crippen molar-refractivity contribution < 1.29 is 25.2 Å². The van der Waals surface area contributed by atoms with Crippen molar-refractivity contribution in [1.82, 2.24) is 5.32 Å². The van der Waals surface area contributed by atoms with Gasteiger partial charge >= 0.3 is 0 Å². The third-order valence-electron chi connectivity index (χ3n) is 14.3. The maximum atomic E-state index is 12.6. The smallest absolute Gasteiger partial charge is 0.249 e. The van der Waals surface area contributed by atoms with Crippen LogP contribution in [0.4, 0.5) is 0 Å². The van der Waals surface area contributed by atoms with E-state index < -0.39 is 36.9 Å². The molecule has 0 fully saturated rings. The lowest BCUT2D eigenvalue weighted by atomic mass is 10.00. The van der Waals surface area contributed by atoms with E-state index in [0.29, 0.717) is 19.3 Å². The van der Waals surface area contributed by atoms with E-state index in [4.69, 9.17) is 0 Å². The third kappa shape index (κ3) is 49.5. The molecule has 0 spiro atoms. The Morgan fingerprint density at radius 3 is 0.926 bits per heavy atom. The van der Waals surface area contributed by atoms with Gasteiger partial charge in [0.2, 0.25) is 5.91 Å². The molecule has 0 aliphatic carbocycles. The van der Waals surface area contributed by atoms with E-state index >= 15 is 0 Å². The summed E-state index contributed by atoms with van der Waals surface area (Å²) in [5.41, 5.74) is 0.